The molecule has 1 saturated carbocycles. The van der Waals surface area contributed by atoms with Crippen LogP contribution < -0.4 is 15.5 Å². The number of carbonyl (C=O) groups excluding carboxylic acids is 1. The summed E-state index contributed by atoms with van der Waals surface area (Å²) in [5.41, 5.74) is -0.234. The number of aromatic nitrogens is 1. The van der Waals surface area contributed by atoms with Crippen molar-refractivity contribution in [3.05, 3.63) is 65.5 Å². The maximum atomic E-state index is 14.1. The van der Waals surface area contributed by atoms with Gasteiger partial charge in [-0.05, 0) is 49.8 Å². The molecular weight excluding hydrogens is 460 g/mol. The highest BCUT2D eigenvalue weighted by molar-refractivity contribution is 5.96. The molecule has 3 aromatic rings. The van der Waals surface area contributed by atoms with Crippen molar-refractivity contribution in [3.8, 4) is 0 Å². The standard InChI is InChI=1S/C26H28F4N4O/c1-34(2)22-14-23(33-21-9-4-3-6-18(21)22)32-17-12-10-16(11-13-17)15-31-25(35)24-19(26(28,29)30)7-5-8-20(24)27/h3-9,14,16-17H,10-13,15H2,1-2H3,(H,31,35)(H,32,33)/t16-,17+. The molecule has 5 nitrogen and oxygen atoms in total. The van der Waals surface area contributed by atoms with E-state index in [1.54, 1.807) is 0 Å². The van der Waals surface area contributed by atoms with Crippen molar-refractivity contribution in [3.63, 3.8) is 0 Å². The largest absolute Gasteiger partial charge is 0.417 e. The summed E-state index contributed by atoms with van der Waals surface area (Å²) in [6.45, 7) is 0.205. The van der Waals surface area contributed by atoms with Crippen molar-refractivity contribution in [2.24, 2.45) is 5.92 Å². The number of amides is 1. The molecule has 1 aromatic heterocycles. The van der Waals surface area contributed by atoms with Crippen LogP contribution in [0.1, 0.15) is 41.6 Å². The molecule has 1 heterocycles. The molecular formula is C26H28F4N4O. The molecule has 35 heavy (non-hydrogen) atoms. The highest BCUT2D eigenvalue weighted by Crippen LogP contribution is 2.33. The van der Waals surface area contributed by atoms with Crippen molar-refractivity contribution in [1.29, 1.82) is 0 Å². The van der Waals surface area contributed by atoms with Crippen LogP contribution in [0.3, 0.4) is 0 Å². The second kappa shape index (κ2) is 10.1. The Kier molecular flexibility index (Phi) is 7.14. The Morgan fingerprint density at radius 3 is 2.46 bits per heavy atom. The first-order valence-corrected chi connectivity index (χ1v) is 11.6. The summed E-state index contributed by atoms with van der Waals surface area (Å²) in [5, 5.41) is 7.10. The summed E-state index contributed by atoms with van der Waals surface area (Å²) in [4.78, 5) is 19.2. The lowest BCUT2D eigenvalue weighted by Crippen LogP contribution is -2.35. The lowest BCUT2D eigenvalue weighted by atomic mass is 9.86. The molecule has 0 spiro atoms. The minimum absolute atomic E-state index is 0.111. The number of benzene rings is 2. The highest BCUT2D eigenvalue weighted by Gasteiger charge is 2.37. The predicted octanol–water partition coefficient (Wildman–Crippen LogP) is 5.86. The summed E-state index contributed by atoms with van der Waals surface area (Å²) in [6, 6.07) is 12.7. The van der Waals surface area contributed by atoms with Crippen molar-refractivity contribution < 1.29 is 22.4 Å². The minimum Gasteiger partial charge on any atom is -0.377 e. The highest BCUT2D eigenvalue weighted by atomic mass is 19.4. The van der Waals surface area contributed by atoms with Crippen molar-refractivity contribution in [2.75, 3.05) is 30.9 Å². The Bertz CT molecular complexity index is 1200. The van der Waals surface area contributed by atoms with Gasteiger partial charge in [-0.25, -0.2) is 9.37 Å². The summed E-state index contributed by atoms with van der Waals surface area (Å²) in [7, 11) is 3.98. The number of anilines is 2. The topological polar surface area (TPSA) is 57.3 Å². The molecule has 0 bridgehead atoms. The summed E-state index contributed by atoms with van der Waals surface area (Å²) >= 11 is 0. The Balaban J connectivity index is 1.35. The van der Waals surface area contributed by atoms with E-state index in [4.69, 9.17) is 4.98 Å². The van der Waals surface area contributed by atoms with Crippen LogP contribution in [-0.2, 0) is 6.18 Å². The van der Waals surface area contributed by atoms with E-state index in [-0.39, 0.29) is 18.5 Å². The fraction of sp³-hybridized carbons (Fsp3) is 0.385. The molecule has 4 rings (SSSR count). The van der Waals surface area contributed by atoms with Gasteiger partial charge in [0.25, 0.3) is 5.91 Å². The van der Waals surface area contributed by atoms with Crippen LogP contribution in [0.2, 0.25) is 0 Å². The van der Waals surface area contributed by atoms with Gasteiger partial charge in [-0.2, -0.15) is 13.2 Å². The average Bonchev–Trinajstić information content (AvgIpc) is 2.82. The first kappa shape index (κ1) is 24.8. The number of halogens is 4. The normalized spacial score (nSPS) is 18.3. The van der Waals surface area contributed by atoms with E-state index in [1.807, 2.05) is 44.4 Å². The van der Waals surface area contributed by atoms with E-state index >= 15 is 0 Å². The zero-order valence-corrected chi connectivity index (χ0v) is 19.6. The lowest BCUT2D eigenvalue weighted by Gasteiger charge is -2.30. The van der Waals surface area contributed by atoms with Crippen molar-refractivity contribution in [2.45, 2.75) is 37.9 Å². The number of carbonyl (C=O) groups is 1. The molecule has 0 radical (unpaired) electrons. The SMILES string of the molecule is CN(C)c1cc(N[C@H]2CC[C@@H](CNC(=O)c3c(F)cccc3C(F)(F)F)CC2)nc2ccccc12. The van der Waals surface area contributed by atoms with Gasteiger partial charge in [0, 0.05) is 43.8 Å². The summed E-state index contributed by atoms with van der Waals surface area (Å²) < 4.78 is 53.7. The maximum Gasteiger partial charge on any atom is 0.417 e. The number of rotatable bonds is 6. The van der Waals surface area contributed by atoms with Crippen LogP contribution in [-0.4, -0.2) is 37.6 Å². The Hall–Kier alpha value is -3.36. The zero-order valence-electron chi connectivity index (χ0n) is 19.6. The molecule has 2 N–H and O–H groups in total. The van der Waals surface area contributed by atoms with Crippen LogP contribution in [0.25, 0.3) is 10.9 Å². The van der Waals surface area contributed by atoms with Crippen LogP contribution >= 0.6 is 0 Å². The molecule has 1 fully saturated rings. The number of alkyl halides is 3. The van der Waals surface area contributed by atoms with E-state index in [0.717, 1.165) is 66.3 Å². The van der Waals surface area contributed by atoms with Gasteiger partial charge in [-0.3, -0.25) is 4.79 Å². The molecule has 2 aromatic carbocycles. The monoisotopic (exact) mass is 488 g/mol. The molecule has 1 aliphatic carbocycles. The molecule has 1 amide bonds. The molecule has 0 unspecified atom stereocenters. The third-order valence-corrected chi connectivity index (χ3v) is 6.47. The molecule has 186 valence electrons. The third-order valence-electron chi connectivity index (χ3n) is 6.47. The smallest absolute Gasteiger partial charge is 0.377 e. The van der Waals surface area contributed by atoms with Crippen LogP contribution in [0.5, 0.6) is 0 Å². The fourth-order valence-corrected chi connectivity index (χ4v) is 4.64. The van der Waals surface area contributed by atoms with Gasteiger partial charge < -0.3 is 15.5 Å². The minimum atomic E-state index is -4.80. The molecule has 0 atom stereocenters. The first-order valence-electron chi connectivity index (χ1n) is 11.6. The number of nitrogens with zero attached hydrogens (tertiary/aromatic N) is 2. The number of nitrogens with one attached hydrogen (secondary N) is 2. The summed E-state index contributed by atoms with van der Waals surface area (Å²) in [6.07, 6.45) is -1.56. The van der Waals surface area contributed by atoms with Gasteiger partial charge in [0.15, 0.2) is 0 Å². The molecule has 1 aliphatic rings. The zero-order chi connectivity index (χ0) is 25.2. The van der Waals surface area contributed by atoms with Crippen LogP contribution in [0, 0.1) is 11.7 Å². The van der Waals surface area contributed by atoms with Gasteiger partial charge in [0.2, 0.25) is 0 Å². The number of para-hydroxylation sites is 1. The predicted molar refractivity (Wildman–Crippen MR) is 129 cm³/mol. The molecule has 0 saturated heterocycles. The van der Waals surface area contributed by atoms with E-state index < -0.39 is 29.0 Å². The van der Waals surface area contributed by atoms with E-state index in [1.165, 1.54) is 0 Å². The molecule has 0 aliphatic heterocycles. The average molecular weight is 489 g/mol. The third kappa shape index (κ3) is 5.66. The van der Waals surface area contributed by atoms with Gasteiger partial charge in [0.1, 0.15) is 11.6 Å². The fourth-order valence-electron chi connectivity index (χ4n) is 4.64. The molecule has 9 heteroatoms. The second-order valence-corrected chi connectivity index (χ2v) is 9.17. The van der Waals surface area contributed by atoms with Crippen LogP contribution in [0.4, 0.5) is 29.1 Å². The van der Waals surface area contributed by atoms with Gasteiger partial charge >= 0.3 is 6.18 Å². The quantitative estimate of drug-likeness (QED) is 0.427. The number of hydrogen-bond acceptors (Lipinski definition) is 4. The van der Waals surface area contributed by atoms with Crippen LogP contribution in [0.15, 0.2) is 48.5 Å². The van der Waals surface area contributed by atoms with Gasteiger partial charge in [-0.1, -0.05) is 24.3 Å². The summed E-state index contributed by atoms with van der Waals surface area (Å²) in [5.74, 6) is -1.30. The van der Waals surface area contributed by atoms with Gasteiger partial charge in [-0.15, -0.1) is 0 Å². The van der Waals surface area contributed by atoms with Crippen molar-refractivity contribution >= 4 is 28.3 Å². The number of fused-ring (bicyclic) bond motifs is 1. The first-order chi connectivity index (χ1) is 16.6. The Morgan fingerprint density at radius 1 is 1.06 bits per heavy atom. The van der Waals surface area contributed by atoms with E-state index in [0.29, 0.717) is 0 Å². The Labute approximate surface area is 201 Å². The number of hydrogen-bond donors (Lipinski definition) is 2. The van der Waals surface area contributed by atoms with Gasteiger partial charge in [0.05, 0.1) is 16.6 Å². The number of pyridine rings is 1. The van der Waals surface area contributed by atoms with E-state index in [9.17, 15) is 22.4 Å². The second-order valence-electron chi connectivity index (χ2n) is 9.17. The lowest BCUT2D eigenvalue weighted by molar-refractivity contribution is -0.138. The van der Waals surface area contributed by atoms with E-state index in [2.05, 4.69) is 15.5 Å². The van der Waals surface area contributed by atoms with Crippen molar-refractivity contribution in [1.82, 2.24) is 10.3 Å². The Morgan fingerprint density at radius 2 is 1.77 bits per heavy atom. The maximum absolute atomic E-state index is 14.1.